The molecule has 0 saturated carbocycles. The molecular weight excluding hydrogens is 225 g/mol. The summed E-state index contributed by atoms with van der Waals surface area (Å²) >= 11 is 0. The SMILES string of the molecule is [C-]#[N+]c1cc(B2OC(C)(C)C(C)(C)O2)ccc1C. The monoisotopic (exact) mass is 243 g/mol. The molecule has 1 aromatic carbocycles. The lowest BCUT2D eigenvalue weighted by atomic mass is 9.78. The van der Waals surface area contributed by atoms with Crippen molar-refractivity contribution in [3.05, 3.63) is 35.2 Å². The highest BCUT2D eigenvalue weighted by Crippen LogP contribution is 2.36. The average molecular weight is 243 g/mol. The Morgan fingerprint density at radius 3 is 2.17 bits per heavy atom. The summed E-state index contributed by atoms with van der Waals surface area (Å²) in [5.41, 5.74) is 1.85. The van der Waals surface area contributed by atoms with Gasteiger partial charge in [-0.25, -0.2) is 4.85 Å². The van der Waals surface area contributed by atoms with Crippen molar-refractivity contribution in [1.29, 1.82) is 0 Å². The van der Waals surface area contributed by atoms with Crippen LogP contribution in [0.25, 0.3) is 4.85 Å². The largest absolute Gasteiger partial charge is 0.493 e. The standard InChI is InChI=1S/C14H18BNO2/c1-10-7-8-11(9-12(10)16-6)15-17-13(2,3)14(4,5)18-15/h7-9H,1-5H3. The third kappa shape index (κ3) is 2.05. The van der Waals surface area contributed by atoms with Crippen LogP contribution in [-0.4, -0.2) is 18.3 Å². The average Bonchev–Trinajstić information content (AvgIpc) is 2.49. The first kappa shape index (κ1) is 13.1. The fourth-order valence-electron chi connectivity index (χ4n) is 1.87. The Hall–Kier alpha value is -1.31. The Kier molecular flexibility index (Phi) is 3.00. The molecule has 1 heterocycles. The number of nitrogens with zero attached hydrogens (tertiary/aromatic N) is 1. The van der Waals surface area contributed by atoms with Gasteiger partial charge in [-0.1, -0.05) is 18.2 Å². The van der Waals surface area contributed by atoms with Gasteiger partial charge in [-0.2, -0.15) is 0 Å². The molecule has 0 N–H and O–H groups in total. The second kappa shape index (κ2) is 4.12. The van der Waals surface area contributed by atoms with Gasteiger partial charge in [0, 0.05) is 0 Å². The van der Waals surface area contributed by atoms with Crippen LogP contribution >= 0.6 is 0 Å². The number of benzene rings is 1. The first-order chi connectivity index (χ1) is 8.27. The van der Waals surface area contributed by atoms with E-state index in [2.05, 4.69) is 4.85 Å². The fourth-order valence-corrected chi connectivity index (χ4v) is 1.87. The van der Waals surface area contributed by atoms with Gasteiger partial charge in [-0.05, 0) is 45.6 Å². The van der Waals surface area contributed by atoms with Crippen molar-refractivity contribution in [3.63, 3.8) is 0 Å². The van der Waals surface area contributed by atoms with Crippen molar-refractivity contribution < 1.29 is 9.31 Å². The lowest BCUT2D eigenvalue weighted by molar-refractivity contribution is 0.00578. The molecule has 3 nitrogen and oxygen atoms in total. The highest BCUT2D eigenvalue weighted by atomic mass is 16.7. The second-order valence-electron chi connectivity index (χ2n) is 5.75. The lowest BCUT2D eigenvalue weighted by Gasteiger charge is -2.32. The molecule has 1 fully saturated rings. The number of rotatable bonds is 1. The topological polar surface area (TPSA) is 22.8 Å². The third-order valence-corrected chi connectivity index (χ3v) is 3.88. The maximum atomic E-state index is 7.15. The zero-order valence-electron chi connectivity index (χ0n) is 11.6. The van der Waals surface area contributed by atoms with Crippen LogP contribution in [0.4, 0.5) is 5.69 Å². The van der Waals surface area contributed by atoms with Gasteiger partial charge >= 0.3 is 7.12 Å². The van der Waals surface area contributed by atoms with E-state index in [1.165, 1.54) is 0 Å². The van der Waals surface area contributed by atoms with Crippen LogP contribution in [0.2, 0.25) is 0 Å². The van der Waals surface area contributed by atoms with Gasteiger partial charge in [0.2, 0.25) is 0 Å². The van der Waals surface area contributed by atoms with E-state index in [0.29, 0.717) is 5.69 Å². The van der Waals surface area contributed by atoms with Crippen LogP contribution in [0.3, 0.4) is 0 Å². The van der Waals surface area contributed by atoms with Crippen LogP contribution in [0, 0.1) is 13.5 Å². The van der Waals surface area contributed by atoms with Crippen molar-refractivity contribution in [3.8, 4) is 0 Å². The number of aryl methyl sites for hydroxylation is 1. The van der Waals surface area contributed by atoms with E-state index in [1.807, 2.05) is 52.8 Å². The van der Waals surface area contributed by atoms with Gasteiger partial charge in [0.05, 0.1) is 17.8 Å². The summed E-state index contributed by atoms with van der Waals surface area (Å²) < 4.78 is 11.9. The van der Waals surface area contributed by atoms with Crippen molar-refractivity contribution >= 4 is 18.3 Å². The Balaban J connectivity index is 2.33. The van der Waals surface area contributed by atoms with Crippen molar-refractivity contribution in [2.24, 2.45) is 0 Å². The zero-order chi connectivity index (χ0) is 13.6. The molecule has 1 aliphatic rings. The highest BCUT2D eigenvalue weighted by molar-refractivity contribution is 6.62. The summed E-state index contributed by atoms with van der Waals surface area (Å²) in [6, 6.07) is 5.75. The van der Waals surface area contributed by atoms with E-state index in [1.54, 1.807) is 0 Å². The van der Waals surface area contributed by atoms with Crippen LogP contribution in [0.15, 0.2) is 18.2 Å². The molecule has 1 aromatic rings. The molecule has 1 saturated heterocycles. The molecule has 0 atom stereocenters. The molecule has 0 spiro atoms. The van der Waals surface area contributed by atoms with Gasteiger partial charge in [0.1, 0.15) is 0 Å². The zero-order valence-corrected chi connectivity index (χ0v) is 11.6. The molecule has 1 aliphatic heterocycles. The lowest BCUT2D eigenvalue weighted by Crippen LogP contribution is -2.41. The molecule has 0 aromatic heterocycles. The third-order valence-electron chi connectivity index (χ3n) is 3.88. The first-order valence-electron chi connectivity index (χ1n) is 6.10. The maximum absolute atomic E-state index is 7.15. The summed E-state index contributed by atoms with van der Waals surface area (Å²) in [4.78, 5) is 3.51. The van der Waals surface area contributed by atoms with Crippen LogP contribution < -0.4 is 5.46 Å². The summed E-state index contributed by atoms with van der Waals surface area (Å²) in [7, 11) is -0.393. The molecule has 0 aliphatic carbocycles. The minimum absolute atomic E-state index is 0.346. The van der Waals surface area contributed by atoms with Crippen LogP contribution in [0.1, 0.15) is 33.3 Å². The van der Waals surface area contributed by atoms with E-state index in [-0.39, 0.29) is 11.2 Å². The van der Waals surface area contributed by atoms with E-state index in [0.717, 1.165) is 11.0 Å². The number of hydrogen-bond donors (Lipinski definition) is 0. The molecule has 18 heavy (non-hydrogen) atoms. The van der Waals surface area contributed by atoms with Crippen molar-refractivity contribution in [2.75, 3.05) is 0 Å². The van der Waals surface area contributed by atoms with Gasteiger partial charge in [-0.15, -0.1) is 0 Å². The quantitative estimate of drug-likeness (QED) is 0.559. The number of hydrogen-bond acceptors (Lipinski definition) is 2. The Morgan fingerprint density at radius 2 is 1.67 bits per heavy atom. The van der Waals surface area contributed by atoms with E-state index in [9.17, 15) is 0 Å². The van der Waals surface area contributed by atoms with Crippen LogP contribution in [0.5, 0.6) is 0 Å². The van der Waals surface area contributed by atoms with E-state index >= 15 is 0 Å². The van der Waals surface area contributed by atoms with Crippen molar-refractivity contribution in [1.82, 2.24) is 0 Å². The Labute approximate surface area is 109 Å². The van der Waals surface area contributed by atoms with Gasteiger partial charge in [-0.3, -0.25) is 0 Å². The van der Waals surface area contributed by atoms with Crippen molar-refractivity contribution in [2.45, 2.75) is 45.8 Å². The summed E-state index contributed by atoms with van der Waals surface area (Å²) in [6.07, 6.45) is 0. The fraction of sp³-hybridized carbons (Fsp3) is 0.500. The Bertz CT molecular complexity index is 501. The predicted octanol–water partition coefficient (Wildman–Crippen LogP) is 2.85. The summed E-state index contributed by atoms with van der Waals surface area (Å²) in [5, 5.41) is 0. The molecule has 2 rings (SSSR count). The van der Waals surface area contributed by atoms with Gasteiger partial charge < -0.3 is 9.31 Å². The Morgan fingerprint density at radius 1 is 1.11 bits per heavy atom. The predicted molar refractivity (Wildman–Crippen MR) is 73.2 cm³/mol. The molecule has 0 amide bonds. The van der Waals surface area contributed by atoms with Gasteiger partial charge in [0.15, 0.2) is 5.69 Å². The second-order valence-corrected chi connectivity index (χ2v) is 5.75. The maximum Gasteiger partial charge on any atom is 0.493 e. The van der Waals surface area contributed by atoms with E-state index < -0.39 is 7.12 Å². The highest BCUT2D eigenvalue weighted by Gasteiger charge is 2.51. The molecular formula is C14H18BNO2. The normalized spacial score (nSPS) is 20.8. The minimum atomic E-state index is -0.393. The molecule has 0 unspecified atom stereocenters. The summed E-state index contributed by atoms with van der Waals surface area (Å²) in [6.45, 7) is 17.2. The molecule has 0 bridgehead atoms. The van der Waals surface area contributed by atoms with Gasteiger partial charge in [0.25, 0.3) is 0 Å². The molecule has 94 valence electrons. The van der Waals surface area contributed by atoms with E-state index in [4.69, 9.17) is 15.9 Å². The minimum Gasteiger partial charge on any atom is -0.399 e. The molecule has 0 radical (unpaired) electrons. The first-order valence-corrected chi connectivity index (χ1v) is 6.10. The summed E-state index contributed by atoms with van der Waals surface area (Å²) in [5.74, 6) is 0. The molecule has 4 heteroatoms. The van der Waals surface area contributed by atoms with Crippen LogP contribution in [-0.2, 0) is 9.31 Å². The smallest absolute Gasteiger partial charge is 0.399 e.